The minimum absolute atomic E-state index is 0.292. The second kappa shape index (κ2) is 8.07. The summed E-state index contributed by atoms with van der Waals surface area (Å²) < 4.78 is 15.4. The molecule has 0 saturated carbocycles. The summed E-state index contributed by atoms with van der Waals surface area (Å²) in [6.07, 6.45) is 3.50. The molecule has 0 bridgehead atoms. The first-order valence-corrected chi connectivity index (χ1v) is 9.31. The lowest BCUT2D eigenvalue weighted by Gasteiger charge is -2.17. The third kappa shape index (κ3) is 3.92. The average Bonchev–Trinajstić information content (AvgIpc) is 2.73. The van der Waals surface area contributed by atoms with Gasteiger partial charge in [0.15, 0.2) is 0 Å². The van der Waals surface area contributed by atoms with Gasteiger partial charge in [-0.05, 0) is 48.4 Å². The summed E-state index contributed by atoms with van der Waals surface area (Å²) in [4.78, 5) is 17.2. The van der Waals surface area contributed by atoms with E-state index in [-0.39, 0.29) is 11.4 Å². The van der Waals surface area contributed by atoms with Crippen molar-refractivity contribution < 1.29 is 4.39 Å². The van der Waals surface area contributed by atoms with E-state index >= 15 is 0 Å². The summed E-state index contributed by atoms with van der Waals surface area (Å²) in [6, 6.07) is 25.6. The second-order valence-electron chi connectivity index (χ2n) is 6.66. The topological polar surface area (TPSA) is 34.9 Å². The molecule has 29 heavy (non-hydrogen) atoms. The van der Waals surface area contributed by atoms with Gasteiger partial charge in [-0.15, -0.1) is 0 Å². The highest BCUT2D eigenvalue weighted by atomic mass is 19.1. The molecule has 3 aromatic carbocycles. The fourth-order valence-electron chi connectivity index (χ4n) is 3.38. The molecule has 0 saturated heterocycles. The Morgan fingerprint density at radius 1 is 0.862 bits per heavy atom. The zero-order chi connectivity index (χ0) is 20.2. The van der Waals surface area contributed by atoms with Crippen molar-refractivity contribution in [1.82, 2.24) is 9.55 Å². The second-order valence-corrected chi connectivity index (χ2v) is 6.66. The molecule has 142 valence electrons. The quantitative estimate of drug-likeness (QED) is 0.466. The van der Waals surface area contributed by atoms with Crippen molar-refractivity contribution in [3.63, 3.8) is 0 Å². The maximum atomic E-state index is 13.5. The molecule has 0 N–H and O–H groups in total. The molecule has 4 aromatic rings. The predicted molar refractivity (Wildman–Crippen MR) is 115 cm³/mol. The summed E-state index contributed by atoms with van der Waals surface area (Å²) in [5.41, 5.74) is 3.49. The van der Waals surface area contributed by atoms with Gasteiger partial charge in [0.05, 0.1) is 5.56 Å². The van der Waals surface area contributed by atoms with Crippen molar-refractivity contribution >= 4 is 12.2 Å². The summed E-state index contributed by atoms with van der Waals surface area (Å²) in [6.45, 7) is 1.91. The van der Waals surface area contributed by atoms with Crippen LogP contribution < -0.4 is 5.56 Å². The molecule has 3 nitrogen and oxygen atoms in total. The van der Waals surface area contributed by atoms with E-state index in [1.165, 1.54) is 12.1 Å². The smallest absolute Gasteiger partial charge is 0.281 e. The zero-order valence-electron chi connectivity index (χ0n) is 15.9. The van der Waals surface area contributed by atoms with E-state index in [0.717, 1.165) is 16.9 Å². The van der Waals surface area contributed by atoms with Crippen LogP contribution in [0.4, 0.5) is 4.39 Å². The number of benzene rings is 3. The largest absolute Gasteiger partial charge is 0.298 e. The van der Waals surface area contributed by atoms with Gasteiger partial charge < -0.3 is 0 Å². The van der Waals surface area contributed by atoms with Crippen molar-refractivity contribution in [2.45, 2.75) is 6.92 Å². The maximum Gasteiger partial charge on any atom is 0.281 e. The first-order valence-electron chi connectivity index (χ1n) is 9.31. The van der Waals surface area contributed by atoms with Crippen LogP contribution in [0.3, 0.4) is 0 Å². The van der Waals surface area contributed by atoms with Crippen molar-refractivity contribution in [1.29, 1.82) is 0 Å². The molecule has 1 heterocycles. The van der Waals surface area contributed by atoms with Crippen LogP contribution in [-0.2, 0) is 0 Å². The van der Waals surface area contributed by atoms with Gasteiger partial charge >= 0.3 is 0 Å². The molecule has 0 aliphatic carbocycles. The van der Waals surface area contributed by atoms with E-state index in [1.807, 2.05) is 72.2 Å². The van der Waals surface area contributed by atoms with E-state index in [0.29, 0.717) is 17.0 Å². The lowest BCUT2D eigenvalue weighted by Crippen LogP contribution is -2.20. The Morgan fingerprint density at radius 3 is 2.24 bits per heavy atom. The van der Waals surface area contributed by atoms with E-state index in [2.05, 4.69) is 4.98 Å². The van der Waals surface area contributed by atoms with E-state index in [9.17, 15) is 9.18 Å². The minimum atomic E-state index is -0.309. The fraction of sp³-hybridized carbons (Fsp3) is 0.0400. The minimum Gasteiger partial charge on any atom is -0.298 e. The van der Waals surface area contributed by atoms with Crippen LogP contribution in [0.15, 0.2) is 89.7 Å². The fourth-order valence-corrected chi connectivity index (χ4v) is 3.38. The Labute approximate surface area is 168 Å². The molecule has 0 aliphatic rings. The molecule has 0 aliphatic heterocycles. The predicted octanol–water partition coefficient (Wildman–Crippen LogP) is 5.52. The average molecular weight is 382 g/mol. The van der Waals surface area contributed by atoms with Gasteiger partial charge in [0, 0.05) is 11.4 Å². The number of nitrogens with zero attached hydrogens (tertiary/aromatic N) is 2. The number of rotatable bonds is 4. The van der Waals surface area contributed by atoms with E-state index in [1.54, 1.807) is 24.3 Å². The highest BCUT2D eigenvalue weighted by Crippen LogP contribution is 2.23. The first-order chi connectivity index (χ1) is 14.1. The maximum absolute atomic E-state index is 13.5. The number of aromatic nitrogens is 2. The van der Waals surface area contributed by atoms with Gasteiger partial charge in [-0.1, -0.05) is 66.7 Å². The normalized spacial score (nSPS) is 11.1. The van der Waals surface area contributed by atoms with Crippen LogP contribution >= 0.6 is 0 Å². The van der Waals surface area contributed by atoms with Gasteiger partial charge in [0.2, 0.25) is 0 Å². The molecule has 4 rings (SSSR count). The third-order valence-corrected chi connectivity index (χ3v) is 4.71. The third-order valence-electron chi connectivity index (χ3n) is 4.71. The molecule has 0 unspecified atom stereocenters. The van der Waals surface area contributed by atoms with Gasteiger partial charge in [0.25, 0.3) is 5.56 Å². The van der Waals surface area contributed by atoms with Crippen LogP contribution in [0.2, 0.25) is 0 Å². The van der Waals surface area contributed by atoms with Crippen LogP contribution in [0.25, 0.3) is 29.0 Å². The Kier molecular flexibility index (Phi) is 5.16. The molecule has 0 radical (unpaired) electrons. The molecular weight excluding hydrogens is 363 g/mol. The number of halogens is 1. The first kappa shape index (κ1) is 18.6. The summed E-state index contributed by atoms with van der Waals surface area (Å²) in [5.74, 6) is 0.179. The Morgan fingerprint density at radius 2 is 1.55 bits per heavy atom. The lowest BCUT2D eigenvalue weighted by molar-refractivity contribution is 0.627. The SMILES string of the molecule is Cc1c(-c2ccccc2)c(=O)nc(/C=C\c2cccc(F)c2)n1-c1ccccc1. The molecular formula is C25H19FN2O. The van der Waals surface area contributed by atoms with Crippen molar-refractivity contribution in [2.24, 2.45) is 0 Å². The highest BCUT2D eigenvalue weighted by Gasteiger charge is 2.15. The number of para-hydroxylation sites is 1. The summed E-state index contributed by atoms with van der Waals surface area (Å²) >= 11 is 0. The van der Waals surface area contributed by atoms with Gasteiger partial charge in [-0.25, -0.2) is 4.39 Å². The number of hydrogen-bond donors (Lipinski definition) is 0. The van der Waals surface area contributed by atoms with E-state index in [4.69, 9.17) is 0 Å². The molecule has 0 atom stereocenters. The molecule has 4 heteroatoms. The van der Waals surface area contributed by atoms with Crippen LogP contribution in [0.5, 0.6) is 0 Å². The zero-order valence-corrected chi connectivity index (χ0v) is 15.9. The van der Waals surface area contributed by atoms with Gasteiger partial charge in [-0.2, -0.15) is 4.98 Å². The Hall–Kier alpha value is -3.79. The van der Waals surface area contributed by atoms with Crippen molar-refractivity contribution in [3.05, 3.63) is 118 Å². The molecule has 0 fully saturated rings. The van der Waals surface area contributed by atoms with Crippen LogP contribution in [0.1, 0.15) is 17.1 Å². The lowest BCUT2D eigenvalue weighted by atomic mass is 10.1. The Bertz CT molecular complexity index is 1230. The molecule has 0 spiro atoms. The van der Waals surface area contributed by atoms with Crippen LogP contribution in [-0.4, -0.2) is 9.55 Å². The summed E-state index contributed by atoms with van der Waals surface area (Å²) in [5, 5.41) is 0. The highest BCUT2D eigenvalue weighted by molar-refractivity contribution is 5.71. The number of hydrogen-bond acceptors (Lipinski definition) is 2. The molecule has 0 amide bonds. The van der Waals surface area contributed by atoms with Gasteiger partial charge in [-0.3, -0.25) is 9.36 Å². The van der Waals surface area contributed by atoms with Crippen molar-refractivity contribution in [2.75, 3.05) is 0 Å². The standard InChI is InChI=1S/C25H19FN2O/c1-18-24(20-10-4-2-5-11-20)25(29)27-23(28(18)22-13-6-3-7-14-22)16-15-19-9-8-12-21(26)17-19/h2-17H,1H3/b16-15-. The van der Waals surface area contributed by atoms with E-state index < -0.39 is 0 Å². The Balaban J connectivity index is 1.92. The van der Waals surface area contributed by atoms with Crippen LogP contribution in [0, 0.1) is 12.7 Å². The van der Waals surface area contributed by atoms with Crippen molar-refractivity contribution in [3.8, 4) is 16.8 Å². The molecule has 1 aromatic heterocycles. The monoisotopic (exact) mass is 382 g/mol. The summed E-state index contributed by atoms with van der Waals surface area (Å²) in [7, 11) is 0. The van der Waals surface area contributed by atoms with Gasteiger partial charge in [0.1, 0.15) is 11.6 Å².